The monoisotopic (exact) mass is 470 g/mol. The molecular weight excluding hydrogens is 450 g/mol. The van der Waals surface area contributed by atoms with Gasteiger partial charge in [-0.1, -0.05) is 20.8 Å². The van der Waals surface area contributed by atoms with Crippen LogP contribution in [0.2, 0.25) is 0 Å². The standard InChI is InChI=1S/C19H20F2N4O4S2/c1-19(2,3)11-24(18(26)27)9-12-10-25(31(28,29)17-23-7-8-30-17)15(14(12)20)13-5-4-6-22-16(13)21/h4-8,10H,9,11H2,1-3H3,(H,26,27). The number of carbonyl (C=O) groups is 1. The zero-order valence-corrected chi connectivity index (χ0v) is 18.5. The lowest BCUT2D eigenvalue weighted by Gasteiger charge is -2.27. The summed E-state index contributed by atoms with van der Waals surface area (Å²) in [4.78, 5) is 19.9. The van der Waals surface area contributed by atoms with Crippen LogP contribution in [0.1, 0.15) is 26.3 Å². The van der Waals surface area contributed by atoms with E-state index in [1.54, 1.807) is 0 Å². The van der Waals surface area contributed by atoms with Crippen LogP contribution in [0.4, 0.5) is 13.6 Å². The molecule has 12 heteroatoms. The van der Waals surface area contributed by atoms with Gasteiger partial charge in [-0.05, 0) is 17.5 Å². The largest absolute Gasteiger partial charge is 0.465 e. The number of halogens is 2. The highest BCUT2D eigenvalue weighted by molar-refractivity contribution is 7.92. The van der Waals surface area contributed by atoms with Crippen LogP contribution in [-0.2, 0) is 16.6 Å². The minimum atomic E-state index is -4.36. The zero-order chi connectivity index (χ0) is 23.0. The van der Waals surface area contributed by atoms with Gasteiger partial charge in [0.25, 0.3) is 10.0 Å². The van der Waals surface area contributed by atoms with E-state index in [4.69, 9.17) is 0 Å². The van der Waals surface area contributed by atoms with Gasteiger partial charge in [-0.15, -0.1) is 11.3 Å². The molecule has 0 atom stereocenters. The van der Waals surface area contributed by atoms with Crippen molar-refractivity contribution in [2.24, 2.45) is 5.41 Å². The van der Waals surface area contributed by atoms with E-state index >= 15 is 4.39 Å². The molecule has 0 bridgehead atoms. The second kappa shape index (κ2) is 8.35. The first-order valence-electron chi connectivity index (χ1n) is 9.05. The van der Waals surface area contributed by atoms with Crippen molar-refractivity contribution >= 4 is 27.5 Å². The molecule has 0 saturated heterocycles. The molecule has 3 aromatic rings. The van der Waals surface area contributed by atoms with E-state index in [-0.39, 0.29) is 22.0 Å². The summed E-state index contributed by atoms with van der Waals surface area (Å²) in [6.07, 6.45) is 2.10. The minimum Gasteiger partial charge on any atom is -0.465 e. The van der Waals surface area contributed by atoms with E-state index < -0.39 is 45.5 Å². The summed E-state index contributed by atoms with van der Waals surface area (Å²) >= 11 is 0.818. The molecule has 0 aromatic carbocycles. The van der Waals surface area contributed by atoms with Crippen molar-refractivity contribution in [3.05, 3.63) is 53.4 Å². The van der Waals surface area contributed by atoms with Crippen molar-refractivity contribution in [2.75, 3.05) is 6.54 Å². The number of hydrogen-bond acceptors (Lipinski definition) is 6. The normalized spacial score (nSPS) is 12.2. The molecule has 8 nitrogen and oxygen atoms in total. The van der Waals surface area contributed by atoms with E-state index in [1.807, 2.05) is 20.8 Å². The first-order valence-corrected chi connectivity index (χ1v) is 11.4. The van der Waals surface area contributed by atoms with Crippen LogP contribution in [-0.4, -0.2) is 45.0 Å². The Morgan fingerprint density at radius 1 is 1.26 bits per heavy atom. The van der Waals surface area contributed by atoms with Gasteiger partial charge in [0.1, 0.15) is 5.69 Å². The first-order chi connectivity index (χ1) is 14.4. The van der Waals surface area contributed by atoms with Crippen LogP contribution in [0.3, 0.4) is 0 Å². The molecule has 166 valence electrons. The van der Waals surface area contributed by atoms with Crippen molar-refractivity contribution < 1.29 is 27.1 Å². The van der Waals surface area contributed by atoms with Crippen molar-refractivity contribution in [1.82, 2.24) is 18.8 Å². The van der Waals surface area contributed by atoms with E-state index in [9.17, 15) is 22.7 Å². The Kier molecular flexibility index (Phi) is 6.14. The van der Waals surface area contributed by atoms with E-state index in [0.717, 1.165) is 28.6 Å². The molecule has 0 saturated carbocycles. The van der Waals surface area contributed by atoms with E-state index in [0.29, 0.717) is 3.97 Å². The third-order valence-corrected chi connectivity index (χ3v) is 7.02. The number of hydrogen-bond donors (Lipinski definition) is 1. The van der Waals surface area contributed by atoms with Gasteiger partial charge in [-0.3, -0.25) is 0 Å². The molecule has 1 amide bonds. The van der Waals surface area contributed by atoms with Gasteiger partial charge in [0.2, 0.25) is 10.3 Å². The Labute approximate surface area is 181 Å². The summed E-state index contributed by atoms with van der Waals surface area (Å²) in [7, 11) is -4.36. The summed E-state index contributed by atoms with van der Waals surface area (Å²) in [5.41, 5.74) is -1.59. The SMILES string of the molecule is CC(C)(C)CN(Cc1cn(S(=O)(=O)c2nccs2)c(-c2cccnc2F)c1F)C(=O)O. The number of thiazole rings is 1. The Bertz CT molecular complexity index is 1200. The van der Waals surface area contributed by atoms with Crippen LogP contribution < -0.4 is 0 Å². The average molecular weight is 471 g/mol. The molecule has 0 aliphatic carbocycles. The maximum atomic E-state index is 15.5. The molecular formula is C19H20F2N4O4S2. The fourth-order valence-corrected chi connectivity index (χ4v) is 5.30. The molecule has 0 fully saturated rings. The van der Waals surface area contributed by atoms with Gasteiger partial charge in [-0.25, -0.2) is 23.1 Å². The highest BCUT2D eigenvalue weighted by Gasteiger charge is 2.31. The van der Waals surface area contributed by atoms with Crippen molar-refractivity contribution in [2.45, 2.75) is 31.7 Å². The molecule has 0 unspecified atom stereocenters. The van der Waals surface area contributed by atoms with Crippen LogP contribution in [0.15, 0.2) is 40.4 Å². The minimum absolute atomic E-state index is 0.0722. The molecule has 3 aromatic heterocycles. The van der Waals surface area contributed by atoms with E-state index in [2.05, 4.69) is 9.97 Å². The highest BCUT2D eigenvalue weighted by atomic mass is 32.2. The van der Waals surface area contributed by atoms with Gasteiger partial charge < -0.3 is 10.0 Å². The Hall–Kier alpha value is -2.86. The van der Waals surface area contributed by atoms with Crippen molar-refractivity contribution in [3.8, 4) is 11.3 Å². The topological polar surface area (TPSA) is 105 Å². The van der Waals surface area contributed by atoms with Crippen LogP contribution in [0.5, 0.6) is 0 Å². The Morgan fingerprint density at radius 2 is 1.97 bits per heavy atom. The zero-order valence-electron chi connectivity index (χ0n) is 16.9. The number of aromatic nitrogens is 3. The second-order valence-electron chi connectivity index (χ2n) is 7.96. The third-order valence-electron chi connectivity index (χ3n) is 4.18. The van der Waals surface area contributed by atoms with Crippen LogP contribution in [0, 0.1) is 17.2 Å². The maximum Gasteiger partial charge on any atom is 0.407 e. The predicted octanol–water partition coefficient (Wildman–Crippen LogP) is 4.05. The van der Waals surface area contributed by atoms with Gasteiger partial charge in [-0.2, -0.15) is 12.8 Å². The molecule has 1 N–H and O–H groups in total. The number of nitrogens with zero attached hydrogens (tertiary/aromatic N) is 4. The summed E-state index contributed by atoms with van der Waals surface area (Å²) in [6.45, 7) is 5.09. The molecule has 0 aliphatic rings. The molecule has 31 heavy (non-hydrogen) atoms. The van der Waals surface area contributed by atoms with Gasteiger partial charge in [0.15, 0.2) is 5.82 Å². The van der Waals surface area contributed by atoms with E-state index in [1.165, 1.54) is 23.7 Å². The molecule has 3 rings (SSSR count). The van der Waals surface area contributed by atoms with Gasteiger partial charge >= 0.3 is 6.09 Å². The second-order valence-corrected chi connectivity index (χ2v) is 10.8. The Morgan fingerprint density at radius 3 is 2.52 bits per heavy atom. The van der Waals surface area contributed by atoms with Crippen LogP contribution in [0.25, 0.3) is 11.3 Å². The molecule has 0 radical (unpaired) electrons. The maximum absolute atomic E-state index is 15.5. The number of rotatable bonds is 6. The van der Waals surface area contributed by atoms with Crippen molar-refractivity contribution in [3.63, 3.8) is 0 Å². The van der Waals surface area contributed by atoms with Gasteiger partial charge in [0, 0.05) is 36.1 Å². The quantitative estimate of drug-likeness (QED) is 0.545. The number of pyridine rings is 1. The lowest BCUT2D eigenvalue weighted by molar-refractivity contribution is 0.122. The fraction of sp³-hybridized carbons (Fsp3) is 0.316. The summed E-state index contributed by atoms with van der Waals surface area (Å²) in [5, 5.41) is 11.0. The number of carboxylic acid groups (broad SMARTS) is 1. The predicted molar refractivity (Wildman–Crippen MR) is 110 cm³/mol. The highest BCUT2D eigenvalue weighted by Crippen LogP contribution is 2.33. The lowest BCUT2D eigenvalue weighted by Crippen LogP contribution is -2.36. The molecule has 3 heterocycles. The van der Waals surface area contributed by atoms with Crippen molar-refractivity contribution in [1.29, 1.82) is 0 Å². The Balaban J connectivity index is 2.19. The molecule has 0 aliphatic heterocycles. The smallest absolute Gasteiger partial charge is 0.407 e. The average Bonchev–Trinajstić information content (AvgIpc) is 3.30. The fourth-order valence-electron chi connectivity index (χ4n) is 3.00. The van der Waals surface area contributed by atoms with Gasteiger partial charge in [0.05, 0.1) is 12.1 Å². The number of amides is 1. The summed E-state index contributed by atoms with van der Waals surface area (Å²) in [5.74, 6) is -2.11. The lowest BCUT2D eigenvalue weighted by atomic mass is 9.96. The summed E-state index contributed by atoms with van der Waals surface area (Å²) < 4.78 is 56.3. The van der Waals surface area contributed by atoms with Crippen LogP contribution >= 0.6 is 11.3 Å². The summed E-state index contributed by atoms with van der Waals surface area (Å²) in [6, 6.07) is 2.54. The first kappa shape index (κ1) is 22.8. The molecule has 0 spiro atoms. The third kappa shape index (κ3) is 4.74.